The maximum absolute atomic E-state index is 12.6. The molecule has 0 aliphatic carbocycles. The third-order valence-electron chi connectivity index (χ3n) is 3.38. The molecule has 6 heteroatoms. The normalized spacial score (nSPS) is 17.3. The van der Waals surface area contributed by atoms with Gasteiger partial charge in [0.1, 0.15) is 11.2 Å². The van der Waals surface area contributed by atoms with E-state index in [0.717, 1.165) is 5.56 Å². The molecule has 0 radical (unpaired) electrons. The number of para-hydroxylation sites is 1. The van der Waals surface area contributed by atoms with Gasteiger partial charge in [0.25, 0.3) is 10.0 Å². The van der Waals surface area contributed by atoms with Crippen molar-refractivity contribution >= 4 is 22.0 Å². The zero-order chi connectivity index (χ0) is 14.9. The lowest BCUT2D eigenvalue weighted by atomic mass is 10.1. The van der Waals surface area contributed by atoms with E-state index in [1.807, 2.05) is 30.3 Å². The molecule has 5 nitrogen and oxygen atoms in total. The van der Waals surface area contributed by atoms with E-state index < -0.39 is 16.1 Å². The fourth-order valence-electron chi connectivity index (χ4n) is 2.24. The fraction of sp³-hybridized carbons (Fsp3) is 0.133. The predicted molar refractivity (Wildman–Crippen MR) is 81.9 cm³/mol. The summed E-state index contributed by atoms with van der Waals surface area (Å²) in [4.78, 5) is 4.40. The molecular weight excluding hydrogens is 286 g/mol. The molecule has 21 heavy (non-hydrogen) atoms. The van der Waals surface area contributed by atoms with Crippen molar-refractivity contribution in [2.24, 2.45) is 10.7 Å². The van der Waals surface area contributed by atoms with Gasteiger partial charge in [-0.25, -0.2) is 13.4 Å². The van der Waals surface area contributed by atoms with E-state index in [1.54, 1.807) is 24.3 Å². The summed E-state index contributed by atoms with van der Waals surface area (Å²) >= 11 is 0. The summed E-state index contributed by atoms with van der Waals surface area (Å²) < 4.78 is 26.3. The molecule has 1 heterocycles. The molecule has 0 bridgehead atoms. The topological polar surface area (TPSA) is 75.8 Å². The summed E-state index contributed by atoms with van der Waals surface area (Å²) in [6.07, 6.45) is 1.33. The number of nitrogens with zero attached hydrogens (tertiary/aromatic N) is 2. The summed E-state index contributed by atoms with van der Waals surface area (Å²) in [6.45, 7) is 0.157. The second-order valence-electron chi connectivity index (χ2n) is 4.80. The lowest BCUT2D eigenvalue weighted by Crippen LogP contribution is -2.37. The Labute approximate surface area is 123 Å². The minimum atomic E-state index is -3.58. The van der Waals surface area contributed by atoms with Gasteiger partial charge in [-0.2, -0.15) is 0 Å². The molecule has 2 aromatic carbocycles. The van der Waals surface area contributed by atoms with Crippen LogP contribution in [0.25, 0.3) is 0 Å². The lowest BCUT2D eigenvalue weighted by molar-refractivity contribution is 0.495. The van der Waals surface area contributed by atoms with E-state index in [0.29, 0.717) is 5.69 Å². The van der Waals surface area contributed by atoms with Gasteiger partial charge >= 0.3 is 0 Å². The molecule has 0 spiro atoms. The molecule has 3 rings (SSSR count). The van der Waals surface area contributed by atoms with Gasteiger partial charge < -0.3 is 5.73 Å². The monoisotopic (exact) mass is 301 g/mol. The Hall–Kier alpha value is -2.18. The van der Waals surface area contributed by atoms with Crippen LogP contribution in [0.15, 0.2) is 64.5 Å². The van der Waals surface area contributed by atoms with Crippen LogP contribution in [0.4, 0.5) is 5.69 Å². The van der Waals surface area contributed by atoms with Crippen LogP contribution in [-0.4, -0.2) is 25.6 Å². The Morgan fingerprint density at radius 1 is 1.05 bits per heavy atom. The standard InChI is InChI=1S/C15H15N3O2S/c16-13(12-6-2-1-3-7-12)10-18-11-17-14-8-4-5-9-15(14)21(18,19)20/h1-9,11,13H,10,16H2. The average Bonchev–Trinajstić information content (AvgIpc) is 2.51. The van der Waals surface area contributed by atoms with E-state index in [4.69, 9.17) is 5.73 Å². The third-order valence-corrected chi connectivity index (χ3v) is 5.14. The molecule has 2 aromatic rings. The van der Waals surface area contributed by atoms with Gasteiger partial charge in [0.15, 0.2) is 0 Å². The van der Waals surface area contributed by atoms with E-state index in [1.165, 1.54) is 10.6 Å². The predicted octanol–water partition coefficient (Wildman–Crippen LogP) is 2.05. The molecule has 1 aliphatic rings. The van der Waals surface area contributed by atoms with E-state index in [-0.39, 0.29) is 11.4 Å². The lowest BCUT2D eigenvalue weighted by Gasteiger charge is -2.26. The van der Waals surface area contributed by atoms with Crippen molar-refractivity contribution < 1.29 is 8.42 Å². The number of benzene rings is 2. The number of sulfonamides is 1. The van der Waals surface area contributed by atoms with Crippen LogP contribution in [0.5, 0.6) is 0 Å². The molecule has 108 valence electrons. The Kier molecular flexibility index (Phi) is 3.48. The Bertz CT molecular complexity index is 773. The number of nitrogens with two attached hydrogens (primary N) is 1. The van der Waals surface area contributed by atoms with Gasteiger partial charge in [-0.15, -0.1) is 0 Å². The van der Waals surface area contributed by atoms with Crippen LogP contribution in [0.2, 0.25) is 0 Å². The highest BCUT2D eigenvalue weighted by atomic mass is 32.2. The van der Waals surface area contributed by atoms with E-state index >= 15 is 0 Å². The second kappa shape index (κ2) is 5.31. The van der Waals surface area contributed by atoms with Crippen molar-refractivity contribution in [2.45, 2.75) is 10.9 Å². The number of hydrogen-bond acceptors (Lipinski definition) is 4. The molecular formula is C15H15N3O2S. The summed E-state index contributed by atoms with van der Waals surface area (Å²) in [5.41, 5.74) is 7.45. The highest BCUT2D eigenvalue weighted by Gasteiger charge is 2.29. The molecule has 1 aliphatic heterocycles. The minimum Gasteiger partial charge on any atom is -0.322 e. The van der Waals surface area contributed by atoms with E-state index in [9.17, 15) is 8.42 Å². The number of rotatable bonds is 3. The number of aliphatic imine (C=N–C) groups is 1. The van der Waals surface area contributed by atoms with Crippen molar-refractivity contribution in [3.8, 4) is 0 Å². The van der Waals surface area contributed by atoms with Crippen molar-refractivity contribution in [2.75, 3.05) is 6.54 Å². The van der Waals surface area contributed by atoms with Crippen LogP contribution in [0, 0.1) is 0 Å². The number of hydrogen-bond donors (Lipinski definition) is 1. The van der Waals surface area contributed by atoms with Crippen molar-refractivity contribution in [3.05, 3.63) is 60.2 Å². The zero-order valence-electron chi connectivity index (χ0n) is 11.3. The van der Waals surface area contributed by atoms with Crippen molar-refractivity contribution in [3.63, 3.8) is 0 Å². The molecule has 0 amide bonds. The third kappa shape index (κ3) is 2.55. The zero-order valence-corrected chi connectivity index (χ0v) is 12.1. The first-order valence-corrected chi connectivity index (χ1v) is 7.98. The maximum atomic E-state index is 12.6. The Morgan fingerprint density at radius 3 is 2.48 bits per heavy atom. The highest BCUT2D eigenvalue weighted by molar-refractivity contribution is 7.89. The Morgan fingerprint density at radius 2 is 1.71 bits per heavy atom. The van der Waals surface area contributed by atoms with Gasteiger partial charge in [0.2, 0.25) is 0 Å². The molecule has 2 N–H and O–H groups in total. The quantitative estimate of drug-likeness (QED) is 0.942. The first-order valence-electron chi connectivity index (χ1n) is 6.54. The van der Waals surface area contributed by atoms with Crippen molar-refractivity contribution in [1.82, 2.24) is 4.31 Å². The largest absolute Gasteiger partial charge is 0.322 e. The summed E-state index contributed by atoms with van der Waals surface area (Å²) in [7, 11) is -3.58. The van der Waals surface area contributed by atoms with Crippen LogP contribution < -0.4 is 5.73 Å². The first kappa shape index (κ1) is 13.8. The smallest absolute Gasteiger partial charge is 0.267 e. The van der Waals surface area contributed by atoms with Crippen LogP contribution in [-0.2, 0) is 10.0 Å². The van der Waals surface area contributed by atoms with Gasteiger partial charge in [-0.3, -0.25) is 4.31 Å². The molecule has 0 aromatic heterocycles. The van der Waals surface area contributed by atoms with Crippen LogP contribution in [0.1, 0.15) is 11.6 Å². The SMILES string of the molecule is NC(CN1C=Nc2ccccc2S1(=O)=O)c1ccccc1. The van der Waals surface area contributed by atoms with Gasteiger partial charge in [0, 0.05) is 6.04 Å². The minimum absolute atomic E-state index is 0.157. The molecule has 0 saturated carbocycles. The molecule has 1 unspecified atom stereocenters. The highest BCUT2D eigenvalue weighted by Crippen LogP contribution is 2.30. The average molecular weight is 301 g/mol. The van der Waals surface area contributed by atoms with Crippen molar-refractivity contribution in [1.29, 1.82) is 0 Å². The van der Waals surface area contributed by atoms with E-state index in [2.05, 4.69) is 4.99 Å². The molecule has 1 atom stereocenters. The maximum Gasteiger partial charge on any atom is 0.267 e. The van der Waals surface area contributed by atoms with Crippen LogP contribution >= 0.6 is 0 Å². The first-order chi connectivity index (χ1) is 10.1. The second-order valence-corrected chi connectivity index (χ2v) is 6.66. The van der Waals surface area contributed by atoms with Gasteiger partial charge in [-0.05, 0) is 17.7 Å². The summed E-state index contributed by atoms with van der Waals surface area (Å²) in [6, 6.07) is 15.7. The van der Waals surface area contributed by atoms with Gasteiger partial charge in [0.05, 0.1) is 12.2 Å². The fourth-order valence-corrected chi connectivity index (χ4v) is 3.66. The molecule has 0 fully saturated rings. The number of fused-ring (bicyclic) bond motifs is 1. The Balaban J connectivity index is 1.89. The van der Waals surface area contributed by atoms with Gasteiger partial charge in [-0.1, -0.05) is 42.5 Å². The van der Waals surface area contributed by atoms with Crippen LogP contribution in [0.3, 0.4) is 0 Å². The summed E-state index contributed by atoms with van der Waals surface area (Å²) in [5, 5.41) is 0. The summed E-state index contributed by atoms with van der Waals surface area (Å²) in [5.74, 6) is 0. The molecule has 0 saturated heterocycles.